The highest BCUT2D eigenvalue weighted by molar-refractivity contribution is 7.45. The van der Waals surface area contributed by atoms with Crippen LogP contribution in [0.5, 0.6) is 0 Å². The number of amides is 1. The van der Waals surface area contributed by atoms with E-state index in [2.05, 4.69) is 26.1 Å². The second-order valence-corrected chi connectivity index (χ2v) is 21.5. The average molecular weight is 927 g/mol. The summed E-state index contributed by atoms with van der Waals surface area (Å²) in [6, 6.07) is -0.877. The van der Waals surface area contributed by atoms with Crippen LogP contribution in [0.1, 0.15) is 271 Å². The second-order valence-electron chi connectivity index (χ2n) is 20.1. The van der Waals surface area contributed by atoms with Crippen molar-refractivity contribution in [2.75, 3.05) is 40.9 Å². The van der Waals surface area contributed by atoms with Gasteiger partial charge < -0.3 is 28.5 Å². The topological polar surface area (TPSA) is 114 Å². The van der Waals surface area contributed by atoms with Gasteiger partial charge in [-0.3, -0.25) is 14.2 Å². The van der Waals surface area contributed by atoms with Crippen molar-refractivity contribution in [3.63, 3.8) is 0 Å². The molecule has 1 amide bonds. The number of nitrogens with zero attached hydrogens (tertiary/aromatic N) is 1. The van der Waals surface area contributed by atoms with Crippen molar-refractivity contribution in [3.05, 3.63) is 12.2 Å². The lowest BCUT2D eigenvalue weighted by Crippen LogP contribution is -2.47. The number of phosphoric acid groups is 1. The Balaban J connectivity index is 5.37. The Labute approximate surface area is 397 Å². The molecule has 0 aromatic rings. The number of carbonyl (C=O) groups is 2. The molecule has 0 aromatic heterocycles. The number of hydrogen-bond acceptors (Lipinski definition) is 7. The van der Waals surface area contributed by atoms with E-state index >= 15 is 0 Å². The van der Waals surface area contributed by atoms with Gasteiger partial charge in [0.25, 0.3) is 7.82 Å². The van der Waals surface area contributed by atoms with Crippen LogP contribution in [0.3, 0.4) is 0 Å². The number of ether oxygens (including phenoxy) is 1. The van der Waals surface area contributed by atoms with E-state index in [0.717, 1.165) is 57.8 Å². The smallest absolute Gasteiger partial charge is 0.306 e. The second kappa shape index (κ2) is 45.5. The minimum atomic E-state index is -4.68. The molecule has 0 radical (unpaired) electrons. The maximum Gasteiger partial charge on any atom is 0.306 e. The summed E-state index contributed by atoms with van der Waals surface area (Å²) < 4.78 is 30.2. The zero-order valence-electron chi connectivity index (χ0n) is 43.3. The first kappa shape index (κ1) is 62.8. The van der Waals surface area contributed by atoms with Gasteiger partial charge in [0.05, 0.1) is 33.8 Å². The van der Waals surface area contributed by atoms with Crippen molar-refractivity contribution < 1.29 is 37.3 Å². The van der Waals surface area contributed by atoms with Crippen LogP contribution in [0.15, 0.2) is 12.2 Å². The molecule has 0 fully saturated rings. The molecule has 0 rings (SSSR count). The van der Waals surface area contributed by atoms with Crippen LogP contribution in [0.4, 0.5) is 0 Å². The molecule has 0 heterocycles. The highest BCUT2D eigenvalue weighted by Gasteiger charge is 2.27. The Morgan fingerprint density at radius 1 is 0.531 bits per heavy atom. The van der Waals surface area contributed by atoms with Crippen molar-refractivity contribution in [2.45, 2.75) is 283 Å². The minimum absolute atomic E-state index is 0.0172. The van der Waals surface area contributed by atoms with E-state index in [0.29, 0.717) is 17.4 Å². The normalized spacial score (nSPS) is 13.9. The van der Waals surface area contributed by atoms with Gasteiger partial charge in [-0.1, -0.05) is 239 Å². The van der Waals surface area contributed by atoms with Gasteiger partial charge in [0.2, 0.25) is 5.91 Å². The van der Waals surface area contributed by atoms with Crippen molar-refractivity contribution in [1.82, 2.24) is 5.32 Å². The fourth-order valence-corrected chi connectivity index (χ4v) is 8.89. The quantitative estimate of drug-likeness (QED) is 0.0212. The van der Waals surface area contributed by atoms with E-state index < -0.39 is 20.0 Å². The third-order valence-electron chi connectivity index (χ3n) is 12.5. The van der Waals surface area contributed by atoms with E-state index in [-0.39, 0.29) is 31.5 Å². The molecule has 0 bridgehead atoms. The van der Waals surface area contributed by atoms with Crippen molar-refractivity contribution in [3.8, 4) is 0 Å². The number of nitrogens with one attached hydrogen (secondary N) is 1. The number of unbranched alkanes of at least 4 members (excludes halogenated alkanes) is 34. The molecular formula is C54H107N2O7P. The molecule has 0 spiro atoms. The third-order valence-corrected chi connectivity index (χ3v) is 13.4. The zero-order valence-corrected chi connectivity index (χ0v) is 44.2. The largest absolute Gasteiger partial charge is 0.756 e. The first-order chi connectivity index (χ1) is 30.9. The van der Waals surface area contributed by atoms with Gasteiger partial charge in [0, 0.05) is 12.8 Å². The first-order valence-electron chi connectivity index (χ1n) is 27.5. The molecule has 10 heteroatoms. The highest BCUT2D eigenvalue weighted by Crippen LogP contribution is 2.38. The number of carbonyl (C=O) groups excluding carboxylic acids is 2. The van der Waals surface area contributed by atoms with E-state index in [1.54, 1.807) is 0 Å². The van der Waals surface area contributed by atoms with Crippen molar-refractivity contribution in [1.29, 1.82) is 0 Å². The minimum Gasteiger partial charge on any atom is -0.756 e. The molecule has 9 nitrogen and oxygen atoms in total. The maximum absolute atomic E-state index is 13.4. The average Bonchev–Trinajstić information content (AvgIpc) is 3.25. The van der Waals surface area contributed by atoms with Gasteiger partial charge in [-0.15, -0.1) is 0 Å². The Morgan fingerprint density at radius 2 is 0.891 bits per heavy atom. The Bertz CT molecular complexity index is 1110. The van der Waals surface area contributed by atoms with Gasteiger partial charge >= 0.3 is 5.97 Å². The van der Waals surface area contributed by atoms with Crippen LogP contribution in [-0.2, 0) is 27.9 Å². The Hall–Kier alpha value is -1.25. The molecule has 1 N–H and O–H groups in total. The van der Waals surface area contributed by atoms with Crippen LogP contribution in [0.25, 0.3) is 0 Å². The standard InChI is InChI=1S/C54H107N2O7P/c1-7-10-13-16-19-22-25-27-29-32-34-37-40-43-46-53(57)55-51(50-62-64(59,60)61-49-48-56(4,5)6)52(45-42-39-36-33-31-28-26-23-20-17-14-11-8-2)63-54(58)47-44-41-38-35-30-24-21-18-15-12-9-3/h42,45,51-52H,7-41,43-44,46-50H2,1-6H3,(H-,55,57,59,60)/b45-42+. The van der Waals surface area contributed by atoms with E-state index in [9.17, 15) is 19.0 Å². The van der Waals surface area contributed by atoms with Gasteiger partial charge in [0.1, 0.15) is 19.3 Å². The Kier molecular flexibility index (Phi) is 44.6. The zero-order chi connectivity index (χ0) is 47.3. The van der Waals surface area contributed by atoms with Crippen molar-refractivity contribution in [2.24, 2.45) is 0 Å². The number of allylic oxidation sites excluding steroid dienone is 1. The molecule has 3 atom stereocenters. The number of esters is 1. The lowest BCUT2D eigenvalue weighted by Gasteiger charge is -2.30. The number of quaternary nitrogens is 1. The molecule has 0 aliphatic heterocycles. The fourth-order valence-electron chi connectivity index (χ4n) is 8.17. The molecule has 64 heavy (non-hydrogen) atoms. The van der Waals surface area contributed by atoms with Gasteiger partial charge in [-0.25, -0.2) is 0 Å². The molecule has 0 aromatic carbocycles. The molecule has 0 aliphatic carbocycles. The first-order valence-corrected chi connectivity index (χ1v) is 29.0. The molecule has 3 unspecified atom stereocenters. The monoisotopic (exact) mass is 927 g/mol. The summed E-state index contributed by atoms with van der Waals surface area (Å²) in [6.45, 7) is 6.86. The van der Waals surface area contributed by atoms with Gasteiger partial charge in [-0.05, 0) is 31.8 Å². The summed E-state index contributed by atoms with van der Waals surface area (Å²) in [5, 5.41) is 3.02. The third kappa shape index (κ3) is 45.9. The summed E-state index contributed by atoms with van der Waals surface area (Å²) in [7, 11) is 1.20. The number of phosphoric ester groups is 1. The molecule has 0 saturated carbocycles. The predicted octanol–water partition coefficient (Wildman–Crippen LogP) is 15.4. The number of rotatable bonds is 50. The van der Waals surface area contributed by atoms with Crippen molar-refractivity contribution >= 4 is 19.7 Å². The van der Waals surface area contributed by atoms with Crippen LogP contribution >= 0.6 is 7.82 Å². The van der Waals surface area contributed by atoms with E-state index in [1.165, 1.54) is 180 Å². The number of likely N-dealkylation sites (N-methyl/N-ethyl adjacent to an activating group) is 1. The summed E-state index contributed by atoms with van der Waals surface area (Å²) in [6.07, 6.45) is 48.8. The molecule has 0 aliphatic rings. The van der Waals surface area contributed by atoms with E-state index in [1.807, 2.05) is 33.3 Å². The summed E-state index contributed by atoms with van der Waals surface area (Å²) >= 11 is 0. The van der Waals surface area contributed by atoms with Crippen LogP contribution < -0.4 is 10.2 Å². The predicted molar refractivity (Wildman–Crippen MR) is 270 cm³/mol. The van der Waals surface area contributed by atoms with Crippen LogP contribution in [0, 0.1) is 0 Å². The summed E-state index contributed by atoms with van der Waals surface area (Å²) in [4.78, 5) is 39.7. The van der Waals surface area contributed by atoms with E-state index in [4.69, 9.17) is 13.8 Å². The molecule has 0 saturated heterocycles. The summed E-state index contributed by atoms with van der Waals surface area (Å²) in [5.74, 6) is -0.527. The SMILES string of the molecule is CCCCCCCCCCCCC/C=C/C(OC(=O)CCCCCCCCCCCCC)C(COP(=O)([O-])OCC[N+](C)(C)C)NC(=O)CCCCCCCCCCCCCCCC. The van der Waals surface area contributed by atoms with Crippen LogP contribution in [-0.4, -0.2) is 69.4 Å². The Morgan fingerprint density at radius 3 is 1.28 bits per heavy atom. The van der Waals surface area contributed by atoms with Crippen LogP contribution in [0.2, 0.25) is 0 Å². The molecular weight excluding hydrogens is 820 g/mol. The lowest BCUT2D eigenvalue weighted by atomic mass is 10.0. The fraction of sp³-hybridized carbons (Fsp3) is 0.926. The maximum atomic E-state index is 13.4. The van der Waals surface area contributed by atoms with Gasteiger partial charge in [-0.2, -0.15) is 0 Å². The summed E-state index contributed by atoms with van der Waals surface area (Å²) in [5.41, 5.74) is 0. The number of hydrogen-bond donors (Lipinski definition) is 1. The lowest BCUT2D eigenvalue weighted by molar-refractivity contribution is -0.870. The molecule has 380 valence electrons. The van der Waals surface area contributed by atoms with Gasteiger partial charge in [0.15, 0.2) is 0 Å². The highest BCUT2D eigenvalue weighted by atomic mass is 31.2.